The quantitative estimate of drug-likeness (QED) is 0.755. The predicted molar refractivity (Wildman–Crippen MR) is 66.9 cm³/mol. The van der Waals surface area contributed by atoms with Crippen LogP contribution in [0.1, 0.15) is 32.6 Å². The van der Waals surface area contributed by atoms with Crippen molar-refractivity contribution in [3.8, 4) is 0 Å². The van der Waals surface area contributed by atoms with Gasteiger partial charge in [-0.05, 0) is 18.8 Å². The summed E-state index contributed by atoms with van der Waals surface area (Å²) in [5.74, 6) is -1.37. The molecule has 8 heteroatoms. The number of aliphatic carboxylic acids is 1. The van der Waals surface area contributed by atoms with Gasteiger partial charge in [0.05, 0.1) is 6.20 Å². The number of carboxylic acids is 1. The first kappa shape index (κ1) is 14.0. The molecule has 0 bridgehead atoms. The van der Waals surface area contributed by atoms with Crippen LogP contribution in [0.15, 0.2) is 17.3 Å². The van der Waals surface area contributed by atoms with Crippen LogP contribution in [-0.2, 0) is 14.8 Å². The first-order chi connectivity index (χ1) is 8.88. The topological polar surface area (TPSA) is 112 Å². The van der Waals surface area contributed by atoms with Crippen molar-refractivity contribution < 1.29 is 18.3 Å². The first-order valence-electron chi connectivity index (χ1n) is 6.14. The Balaban J connectivity index is 2.34. The zero-order valence-corrected chi connectivity index (χ0v) is 11.4. The molecule has 1 aromatic rings. The normalized spacial score (nSPS) is 28.2. The number of nitrogens with zero attached hydrogens (tertiary/aromatic N) is 1. The van der Waals surface area contributed by atoms with Gasteiger partial charge >= 0.3 is 5.97 Å². The Morgan fingerprint density at radius 3 is 2.84 bits per heavy atom. The molecule has 0 spiro atoms. The second kappa shape index (κ2) is 4.93. The highest BCUT2D eigenvalue weighted by atomic mass is 32.2. The van der Waals surface area contributed by atoms with Crippen molar-refractivity contribution in [2.24, 2.45) is 5.92 Å². The van der Waals surface area contributed by atoms with Crippen molar-refractivity contribution in [2.75, 3.05) is 0 Å². The molecule has 1 saturated carbocycles. The minimum Gasteiger partial charge on any atom is -0.480 e. The van der Waals surface area contributed by atoms with Crippen LogP contribution in [0.4, 0.5) is 0 Å². The number of carbonyl (C=O) groups is 1. The number of nitrogens with one attached hydrogen (secondary N) is 2. The smallest absolute Gasteiger partial charge is 0.325 e. The number of hydrogen-bond acceptors (Lipinski definition) is 4. The maximum Gasteiger partial charge on any atom is 0.325 e. The Bertz CT molecular complexity index is 555. The average Bonchev–Trinajstić information content (AvgIpc) is 2.86. The average molecular weight is 287 g/mol. The van der Waals surface area contributed by atoms with Gasteiger partial charge in [0.25, 0.3) is 0 Å². The van der Waals surface area contributed by atoms with Crippen molar-refractivity contribution in [1.29, 1.82) is 0 Å². The fourth-order valence-electron chi connectivity index (χ4n) is 2.54. The SMILES string of the molecule is CC1CCCCC1(NS(=O)(=O)c1cn[nH]c1)C(=O)O. The van der Waals surface area contributed by atoms with E-state index in [0.717, 1.165) is 12.6 Å². The molecule has 0 radical (unpaired) electrons. The molecule has 19 heavy (non-hydrogen) atoms. The summed E-state index contributed by atoms with van der Waals surface area (Å²) in [6, 6.07) is 0. The molecule has 2 atom stereocenters. The number of sulfonamides is 1. The summed E-state index contributed by atoms with van der Waals surface area (Å²) < 4.78 is 26.7. The summed E-state index contributed by atoms with van der Waals surface area (Å²) >= 11 is 0. The molecule has 0 aliphatic heterocycles. The molecule has 2 rings (SSSR count). The van der Waals surface area contributed by atoms with E-state index in [0.29, 0.717) is 19.3 Å². The van der Waals surface area contributed by atoms with Gasteiger partial charge in [0.15, 0.2) is 0 Å². The van der Waals surface area contributed by atoms with E-state index in [2.05, 4.69) is 14.9 Å². The maximum absolute atomic E-state index is 12.2. The van der Waals surface area contributed by atoms with Gasteiger partial charge in [-0.3, -0.25) is 9.89 Å². The number of H-pyrrole nitrogens is 1. The molecule has 1 heterocycles. The molecule has 106 valence electrons. The highest BCUT2D eigenvalue weighted by Crippen LogP contribution is 2.35. The Kier molecular flexibility index (Phi) is 3.64. The van der Waals surface area contributed by atoms with Crippen molar-refractivity contribution in [2.45, 2.75) is 43.0 Å². The summed E-state index contributed by atoms with van der Waals surface area (Å²) in [6.45, 7) is 1.77. The molecule has 1 aromatic heterocycles. The van der Waals surface area contributed by atoms with Gasteiger partial charge in [0.1, 0.15) is 10.4 Å². The molecule has 0 amide bonds. The van der Waals surface area contributed by atoms with E-state index < -0.39 is 21.5 Å². The zero-order chi connectivity index (χ0) is 14.1. The molecule has 0 aromatic carbocycles. The fourth-order valence-corrected chi connectivity index (χ4v) is 3.93. The molecular formula is C11H17N3O4S. The number of rotatable bonds is 4. The monoisotopic (exact) mass is 287 g/mol. The third-order valence-electron chi connectivity index (χ3n) is 3.78. The molecule has 1 fully saturated rings. The minimum absolute atomic E-state index is 0.0501. The lowest BCUT2D eigenvalue weighted by molar-refractivity contribution is -0.147. The van der Waals surface area contributed by atoms with Gasteiger partial charge in [-0.15, -0.1) is 0 Å². The van der Waals surface area contributed by atoms with Crippen LogP contribution in [-0.4, -0.2) is 35.2 Å². The van der Waals surface area contributed by atoms with Gasteiger partial charge < -0.3 is 5.11 Å². The first-order valence-corrected chi connectivity index (χ1v) is 7.63. The fraction of sp³-hybridized carbons (Fsp3) is 0.636. The molecule has 3 N–H and O–H groups in total. The maximum atomic E-state index is 12.2. The van der Waals surface area contributed by atoms with E-state index in [1.165, 1.54) is 6.20 Å². The van der Waals surface area contributed by atoms with Crippen LogP contribution in [0.3, 0.4) is 0 Å². The van der Waals surface area contributed by atoms with Crippen LogP contribution >= 0.6 is 0 Å². The van der Waals surface area contributed by atoms with E-state index in [9.17, 15) is 18.3 Å². The van der Waals surface area contributed by atoms with Gasteiger partial charge in [0, 0.05) is 6.20 Å². The van der Waals surface area contributed by atoms with E-state index in [-0.39, 0.29) is 10.8 Å². The summed E-state index contributed by atoms with van der Waals surface area (Å²) in [7, 11) is -3.88. The van der Waals surface area contributed by atoms with Crippen LogP contribution in [0, 0.1) is 5.92 Å². The molecular weight excluding hydrogens is 270 g/mol. The Labute approximate surface area is 111 Å². The van der Waals surface area contributed by atoms with E-state index in [1.807, 2.05) is 0 Å². The van der Waals surface area contributed by atoms with Crippen LogP contribution in [0.2, 0.25) is 0 Å². The Hall–Kier alpha value is -1.41. The van der Waals surface area contributed by atoms with Crippen LogP contribution in [0.5, 0.6) is 0 Å². The lowest BCUT2D eigenvalue weighted by Crippen LogP contribution is -2.59. The lowest BCUT2D eigenvalue weighted by Gasteiger charge is -2.39. The van der Waals surface area contributed by atoms with Crippen molar-refractivity contribution in [1.82, 2.24) is 14.9 Å². The third kappa shape index (κ3) is 2.50. The third-order valence-corrected chi connectivity index (χ3v) is 5.26. The Morgan fingerprint density at radius 1 is 1.58 bits per heavy atom. The largest absolute Gasteiger partial charge is 0.480 e. The van der Waals surface area contributed by atoms with Gasteiger partial charge in [-0.2, -0.15) is 9.82 Å². The van der Waals surface area contributed by atoms with E-state index in [4.69, 9.17) is 0 Å². The second-order valence-corrected chi connectivity index (χ2v) is 6.65. The predicted octanol–water partition coefficient (Wildman–Crippen LogP) is 0.721. The van der Waals surface area contributed by atoms with Gasteiger partial charge in [-0.1, -0.05) is 19.8 Å². The molecule has 1 aliphatic carbocycles. The van der Waals surface area contributed by atoms with Crippen molar-refractivity contribution in [3.05, 3.63) is 12.4 Å². The molecule has 7 nitrogen and oxygen atoms in total. The number of aromatic amines is 1. The highest BCUT2D eigenvalue weighted by molar-refractivity contribution is 7.89. The molecule has 0 saturated heterocycles. The number of aromatic nitrogens is 2. The zero-order valence-electron chi connectivity index (χ0n) is 10.6. The summed E-state index contributed by atoms with van der Waals surface area (Å²) in [4.78, 5) is 11.5. The van der Waals surface area contributed by atoms with E-state index in [1.54, 1.807) is 6.92 Å². The second-order valence-electron chi connectivity index (χ2n) is 4.96. The highest BCUT2D eigenvalue weighted by Gasteiger charge is 2.48. The molecule has 2 unspecified atom stereocenters. The molecule has 1 aliphatic rings. The Morgan fingerprint density at radius 2 is 2.32 bits per heavy atom. The lowest BCUT2D eigenvalue weighted by atomic mass is 9.74. The van der Waals surface area contributed by atoms with Crippen LogP contribution in [0.25, 0.3) is 0 Å². The summed E-state index contributed by atoms with van der Waals surface area (Å²) in [6.07, 6.45) is 5.01. The summed E-state index contributed by atoms with van der Waals surface area (Å²) in [5.41, 5.74) is -1.42. The standard InChI is InChI=1S/C11H17N3O4S/c1-8-4-2-3-5-11(8,10(15)16)14-19(17,18)9-6-12-13-7-9/h6-8,14H,2-5H2,1H3,(H,12,13)(H,15,16). The van der Waals surface area contributed by atoms with Crippen LogP contribution < -0.4 is 4.72 Å². The van der Waals surface area contributed by atoms with Gasteiger partial charge in [-0.25, -0.2) is 8.42 Å². The number of carboxylic acid groups (broad SMARTS) is 1. The minimum atomic E-state index is -3.88. The summed E-state index contributed by atoms with van der Waals surface area (Å²) in [5, 5.41) is 15.5. The van der Waals surface area contributed by atoms with Gasteiger partial charge in [0.2, 0.25) is 10.0 Å². The van der Waals surface area contributed by atoms with E-state index >= 15 is 0 Å². The van der Waals surface area contributed by atoms with Crippen molar-refractivity contribution in [3.63, 3.8) is 0 Å². The van der Waals surface area contributed by atoms with Crippen molar-refractivity contribution >= 4 is 16.0 Å². The number of hydrogen-bond donors (Lipinski definition) is 3.